The Balaban J connectivity index is 1.90. The lowest BCUT2D eigenvalue weighted by Crippen LogP contribution is -2.58. The molecule has 0 aromatic heterocycles. The molecule has 4 heteroatoms. The van der Waals surface area contributed by atoms with Gasteiger partial charge in [-0.15, -0.1) is 0 Å². The number of carbonyl (C=O) groups is 1. The highest BCUT2D eigenvalue weighted by Crippen LogP contribution is 2.12. The van der Waals surface area contributed by atoms with E-state index in [4.69, 9.17) is 5.73 Å². The molecule has 1 saturated heterocycles. The van der Waals surface area contributed by atoms with E-state index in [0.717, 1.165) is 18.8 Å². The third kappa shape index (κ3) is 2.40. The highest BCUT2D eigenvalue weighted by Gasteiger charge is 2.25. The number of benzene rings is 1. The Morgan fingerprint density at radius 1 is 1.44 bits per heavy atom. The maximum absolute atomic E-state index is 11.9. The molecule has 1 aromatic carbocycles. The molecule has 4 nitrogen and oxygen atoms in total. The van der Waals surface area contributed by atoms with Crippen LogP contribution in [0.1, 0.15) is 0 Å². The smallest absolute Gasteiger partial charge is 0.240 e. The molecular weight excluding hydrogens is 202 g/mol. The van der Waals surface area contributed by atoms with Crippen molar-refractivity contribution in [3.63, 3.8) is 0 Å². The molecule has 1 amide bonds. The minimum Gasteiger partial charge on any atom is -0.325 e. The van der Waals surface area contributed by atoms with Crippen molar-refractivity contribution in [2.75, 3.05) is 31.6 Å². The fraction of sp³-hybridized carbons (Fsp3) is 0.417. The van der Waals surface area contributed by atoms with Crippen molar-refractivity contribution in [2.45, 2.75) is 6.04 Å². The van der Waals surface area contributed by atoms with Gasteiger partial charge in [0.1, 0.15) is 0 Å². The van der Waals surface area contributed by atoms with Gasteiger partial charge in [0, 0.05) is 31.9 Å². The van der Waals surface area contributed by atoms with E-state index in [0.29, 0.717) is 6.54 Å². The van der Waals surface area contributed by atoms with Crippen LogP contribution in [0.25, 0.3) is 0 Å². The fourth-order valence-electron chi connectivity index (χ4n) is 1.83. The topological polar surface area (TPSA) is 49.6 Å². The number of nitrogens with two attached hydrogens (primary N) is 1. The summed E-state index contributed by atoms with van der Waals surface area (Å²) in [5, 5.41) is 0. The van der Waals surface area contributed by atoms with Crippen LogP contribution in [0.4, 0.5) is 5.69 Å². The summed E-state index contributed by atoms with van der Waals surface area (Å²) in [6.45, 7) is 2.11. The van der Waals surface area contributed by atoms with Gasteiger partial charge in [-0.2, -0.15) is 0 Å². The van der Waals surface area contributed by atoms with E-state index in [1.165, 1.54) is 0 Å². The first-order valence-corrected chi connectivity index (χ1v) is 5.46. The van der Waals surface area contributed by atoms with Crippen molar-refractivity contribution in [3.8, 4) is 0 Å². The summed E-state index contributed by atoms with van der Waals surface area (Å²) in [5.74, 6) is 0.109. The first-order valence-electron chi connectivity index (χ1n) is 5.46. The van der Waals surface area contributed by atoms with Crippen molar-refractivity contribution in [2.24, 2.45) is 5.73 Å². The average Bonchev–Trinajstić information content (AvgIpc) is 2.27. The first kappa shape index (κ1) is 11.1. The van der Waals surface area contributed by atoms with Crippen LogP contribution in [0.5, 0.6) is 0 Å². The van der Waals surface area contributed by atoms with Gasteiger partial charge in [-0.05, 0) is 12.1 Å². The molecule has 1 fully saturated rings. The van der Waals surface area contributed by atoms with Gasteiger partial charge in [0.25, 0.3) is 0 Å². The Kier molecular flexibility index (Phi) is 3.22. The predicted molar refractivity (Wildman–Crippen MR) is 64.3 cm³/mol. The van der Waals surface area contributed by atoms with Crippen LogP contribution in [0.3, 0.4) is 0 Å². The molecule has 1 heterocycles. The standard InChI is InChI=1S/C12H17N3O/c1-14(11-5-3-2-4-6-11)12(16)9-15-7-10(13)8-15/h2-6,10H,7-9,13H2,1H3. The van der Waals surface area contributed by atoms with Gasteiger partial charge >= 0.3 is 0 Å². The largest absolute Gasteiger partial charge is 0.325 e. The quantitative estimate of drug-likeness (QED) is 0.795. The van der Waals surface area contributed by atoms with Crippen molar-refractivity contribution in [1.82, 2.24) is 4.90 Å². The van der Waals surface area contributed by atoms with Crippen LogP contribution in [0.2, 0.25) is 0 Å². The molecule has 2 rings (SSSR count). The summed E-state index contributed by atoms with van der Waals surface area (Å²) in [6, 6.07) is 9.91. The second-order valence-electron chi connectivity index (χ2n) is 4.24. The molecule has 2 N–H and O–H groups in total. The van der Waals surface area contributed by atoms with E-state index >= 15 is 0 Å². The zero-order chi connectivity index (χ0) is 11.5. The summed E-state index contributed by atoms with van der Waals surface area (Å²) >= 11 is 0. The lowest BCUT2D eigenvalue weighted by atomic mass is 10.1. The first-order chi connectivity index (χ1) is 7.66. The van der Waals surface area contributed by atoms with Gasteiger partial charge < -0.3 is 10.6 Å². The Hall–Kier alpha value is -1.39. The van der Waals surface area contributed by atoms with Crippen LogP contribution in [0, 0.1) is 0 Å². The fourth-order valence-corrected chi connectivity index (χ4v) is 1.83. The van der Waals surface area contributed by atoms with Gasteiger partial charge in [0.2, 0.25) is 5.91 Å². The molecule has 0 bridgehead atoms. The lowest BCUT2D eigenvalue weighted by Gasteiger charge is -2.37. The van der Waals surface area contributed by atoms with Crippen LogP contribution >= 0.6 is 0 Å². The van der Waals surface area contributed by atoms with Gasteiger partial charge in [0.05, 0.1) is 6.54 Å². The molecule has 16 heavy (non-hydrogen) atoms. The Bertz CT molecular complexity index is 360. The number of carbonyl (C=O) groups excluding carboxylic acids is 1. The minimum absolute atomic E-state index is 0.109. The van der Waals surface area contributed by atoms with Crippen molar-refractivity contribution in [1.29, 1.82) is 0 Å². The lowest BCUT2D eigenvalue weighted by molar-refractivity contribution is -0.120. The summed E-state index contributed by atoms with van der Waals surface area (Å²) in [5.41, 5.74) is 6.59. The molecule has 86 valence electrons. The number of hydrogen-bond acceptors (Lipinski definition) is 3. The molecule has 0 aliphatic carbocycles. The Labute approximate surface area is 95.6 Å². The van der Waals surface area contributed by atoms with Gasteiger partial charge in [-0.25, -0.2) is 0 Å². The molecule has 0 unspecified atom stereocenters. The van der Waals surface area contributed by atoms with Gasteiger partial charge in [0.15, 0.2) is 0 Å². The molecular formula is C12H17N3O. The number of hydrogen-bond donors (Lipinski definition) is 1. The van der Waals surface area contributed by atoms with Crippen molar-refractivity contribution >= 4 is 11.6 Å². The highest BCUT2D eigenvalue weighted by atomic mass is 16.2. The number of amides is 1. The van der Waals surface area contributed by atoms with Crippen LogP contribution in [-0.4, -0.2) is 43.5 Å². The normalized spacial score (nSPS) is 16.9. The van der Waals surface area contributed by atoms with E-state index in [1.807, 2.05) is 30.3 Å². The van der Waals surface area contributed by atoms with E-state index in [1.54, 1.807) is 11.9 Å². The minimum atomic E-state index is 0.109. The zero-order valence-electron chi connectivity index (χ0n) is 9.47. The summed E-state index contributed by atoms with van der Waals surface area (Å²) in [7, 11) is 1.80. The molecule has 0 radical (unpaired) electrons. The third-order valence-corrected chi connectivity index (χ3v) is 2.86. The van der Waals surface area contributed by atoms with Crippen molar-refractivity contribution < 1.29 is 4.79 Å². The summed E-state index contributed by atoms with van der Waals surface area (Å²) in [4.78, 5) is 15.6. The number of para-hydroxylation sites is 1. The van der Waals surface area contributed by atoms with E-state index in [9.17, 15) is 4.79 Å². The summed E-state index contributed by atoms with van der Waals surface area (Å²) in [6.07, 6.45) is 0. The molecule has 0 atom stereocenters. The van der Waals surface area contributed by atoms with Crippen LogP contribution in [0.15, 0.2) is 30.3 Å². The molecule has 0 saturated carbocycles. The summed E-state index contributed by atoms with van der Waals surface area (Å²) < 4.78 is 0. The molecule has 0 spiro atoms. The maximum atomic E-state index is 11.9. The van der Waals surface area contributed by atoms with E-state index < -0.39 is 0 Å². The third-order valence-electron chi connectivity index (χ3n) is 2.86. The second kappa shape index (κ2) is 4.63. The molecule has 1 aliphatic heterocycles. The second-order valence-corrected chi connectivity index (χ2v) is 4.24. The van der Waals surface area contributed by atoms with Gasteiger partial charge in [-0.1, -0.05) is 18.2 Å². The Morgan fingerprint density at radius 3 is 2.62 bits per heavy atom. The number of likely N-dealkylation sites (N-methyl/N-ethyl adjacent to an activating group) is 1. The van der Waals surface area contributed by atoms with E-state index in [-0.39, 0.29) is 11.9 Å². The monoisotopic (exact) mass is 219 g/mol. The van der Waals surface area contributed by atoms with Crippen molar-refractivity contribution in [3.05, 3.63) is 30.3 Å². The predicted octanol–water partition coefficient (Wildman–Crippen LogP) is 0.292. The van der Waals surface area contributed by atoms with Gasteiger partial charge in [-0.3, -0.25) is 9.69 Å². The molecule has 1 aliphatic rings. The maximum Gasteiger partial charge on any atom is 0.240 e. The molecule has 1 aromatic rings. The average molecular weight is 219 g/mol. The number of nitrogens with zero attached hydrogens (tertiary/aromatic N) is 2. The number of rotatable bonds is 3. The van der Waals surface area contributed by atoms with Crippen LogP contribution in [-0.2, 0) is 4.79 Å². The Morgan fingerprint density at radius 2 is 2.06 bits per heavy atom. The van der Waals surface area contributed by atoms with E-state index in [2.05, 4.69) is 4.90 Å². The zero-order valence-corrected chi connectivity index (χ0v) is 9.47. The SMILES string of the molecule is CN(C(=O)CN1CC(N)C1)c1ccccc1. The highest BCUT2D eigenvalue weighted by molar-refractivity contribution is 5.94. The van der Waals surface area contributed by atoms with Crippen LogP contribution < -0.4 is 10.6 Å². The number of likely N-dealkylation sites (tertiary alicyclic amines) is 1. The number of anilines is 1.